The van der Waals surface area contributed by atoms with Gasteiger partial charge in [-0.1, -0.05) is 20.4 Å². The van der Waals surface area contributed by atoms with Crippen molar-refractivity contribution in [2.75, 3.05) is 13.1 Å². The molecule has 0 aromatic rings. The smallest absolute Gasteiger partial charge is 0.282 e. The van der Waals surface area contributed by atoms with Crippen molar-refractivity contribution in [1.82, 2.24) is 9.80 Å². The first-order chi connectivity index (χ1) is 8.25. The van der Waals surface area contributed by atoms with Gasteiger partial charge in [-0.15, -0.1) is 0 Å². The first-order valence-corrected chi connectivity index (χ1v) is 6.66. The topological polar surface area (TPSA) is 23.6 Å². The van der Waals surface area contributed by atoms with Crippen LogP contribution in [-0.4, -0.2) is 46.9 Å². The molecular weight excluding hydrogens is 231 g/mol. The fraction of sp³-hybridized carbons (Fsp3) is 0.786. The summed E-state index contributed by atoms with van der Waals surface area (Å²) in [6.07, 6.45) is 0. The largest absolute Gasteiger partial charge is 0.334 e. The minimum atomic E-state index is -0.859. The Labute approximate surface area is 110 Å². The number of amides is 1. The van der Waals surface area contributed by atoms with Gasteiger partial charge >= 0.3 is 0 Å². The van der Waals surface area contributed by atoms with Gasteiger partial charge in [0.15, 0.2) is 5.83 Å². The Balaban J connectivity index is 2.90. The average Bonchev–Trinajstić information content (AvgIpc) is 2.25. The number of piperazine rings is 1. The van der Waals surface area contributed by atoms with E-state index in [-0.39, 0.29) is 12.1 Å². The summed E-state index contributed by atoms with van der Waals surface area (Å²) < 4.78 is 13.0. The van der Waals surface area contributed by atoms with Crippen LogP contribution < -0.4 is 0 Å². The predicted octanol–water partition coefficient (Wildman–Crippen LogP) is 2.44. The Bertz CT molecular complexity index is 328. The summed E-state index contributed by atoms with van der Waals surface area (Å²) in [7, 11) is 0. The summed E-state index contributed by atoms with van der Waals surface area (Å²) in [6.45, 7) is 15.0. The van der Waals surface area contributed by atoms with E-state index in [2.05, 4.69) is 46.1 Å². The summed E-state index contributed by atoms with van der Waals surface area (Å²) in [5.74, 6) is -0.989. The molecule has 0 N–H and O–H groups in total. The number of hydrogen-bond acceptors (Lipinski definition) is 2. The van der Waals surface area contributed by atoms with Crippen molar-refractivity contribution < 1.29 is 9.18 Å². The van der Waals surface area contributed by atoms with Crippen molar-refractivity contribution >= 4 is 5.91 Å². The van der Waals surface area contributed by atoms with E-state index >= 15 is 0 Å². The molecule has 1 aliphatic rings. The average molecular weight is 256 g/mol. The highest BCUT2D eigenvalue weighted by Crippen LogP contribution is 2.24. The van der Waals surface area contributed by atoms with E-state index in [0.29, 0.717) is 25.0 Å². The van der Waals surface area contributed by atoms with Gasteiger partial charge in [0.05, 0.1) is 0 Å². The Morgan fingerprint density at radius 2 is 1.83 bits per heavy atom. The molecule has 104 valence electrons. The zero-order valence-electron chi connectivity index (χ0n) is 12.1. The fourth-order valence-corrected chi connectivity index (χ4v) is 2.92. The van der Waals surface area contributed by atoms with Crippen molar-refractivity contribution in [2.45, 2.75) is 52.7 Å². The number of halogens is 1. The molecule has 0 bridgehead atoms. The molecule has 18 heavy (non-hydrogen) atoms. The van der Waals surface area contributed by atoms with Gasteiger partial charge in [-0.05, 0) is 26.7 Å². The molecule has 2 atom stereocenters. The lowest BCUT2D eigenvalue weighted by molar-refractivity contribution is -0.134. The summed E-state index contributed by atoms with van der Waals surface area (Å²) >= 11 is 0. The van der Waals surface area contributed by atoms with E-state index in [1.54, 1.807) is 4.90 Å². The molecule has 1 rings (SSSR count). The second-order valence-corrected chi connectivity index (χ2v) is 5.82. The minimum absolute atomic E-state index is 0.245. The predicted molar refractivity (Wildman–Crippen MR) is 71.9 cm³/mol. The standard InChI is InChI=1S/C14H25FN2O/c1-9(2)13-8-16(14(18)12(6)15)7-11(5)17(13)10(3)4/h9-11,13H,6-8H2,1-5H3. The van der Waals surface area contributed by atoms with E-state index in [9.17, 15) is 9.18 Å². The summed E-state index contributed by atoms with van der Waals surface area (Å²) in [4.78, 5) is 15.7. The lowest BCUT2D eigenvalue weighted by Crippen LogP contribution is -2.62. The Kier molecular flexibility index (Phi) is 4.91. The molecule has 0 spiro atoms. The maximum atomic E-state index is 13.0. The van der Waals surface area contributed by atoms with Gasteiger partial charge in [0.2, 0.25) is 0 Å². The van der Waals surface area contributed by atoms with Crippen molar-refractivity contribution in [3.05, 3.63) is 12.4 Å². The Morgan fingerprint density at radius 3 is 2.22 bits per heavy atom. The quantitative estimate of drug-likeness (QED) is 0.724. The zero-order chi connectivity index (χ0) is 14.0. The fourth-order valence-electron chi connectivity index (χ4n) is 2.92. The molecule has 1 fully saturated rings. The maximum Gasteiger partial charge on any atom is 0.282 e. The number of carbonyl (C=O) groups is 1. The van der Waals surface area contributed by atoms with Crippen LogP contribution in [0.25, 0.3) is 0 Å². The van der Waals surface area contributed by atoms with Gasteiger partial charge in [0.1, 0.15) is 0 Å². The Morgan fingerprint density at radius 1 is 1.28 bits per heavy atom. The van der Waals surface area contributed by atoms with E-state index in [0.717, 1.165) is 0 Å². The van der Waals surface area contributed by atoms with Gasteiger partial charge in [-0.2, -0.15) is 0 Å². The molecule has 0 aliphatic carbocycles. The molecule has 1 amide bonds. The first kappa shape index (κ1) is 15.2. The normalized spacial score (nSPS) is 25.9. The molecule has 0 aromatic carbocycles. The van der Waals surface area contributed by atoms with Crippen molar-refractivity contribution in [2.24, 2.45) is 5.92 Å². The second-order valence-electron chi connectivity index (χ2n) is 5.82. The highest BCUT2D eigenvalue weighted by Gasteiger charge is 2.37. The van der Waals surface area contributed by atoms with Crippen molar-refractivity contribution in [1.29, 1.82) is 0 Å². The minimum Gasteiger partial charge on any atom is -0.334 e. The molecule has 3 nitrogen and oxygen atoms in total. The van der Waals surface area contributed by atoms with Gasteiger partial charge < -0.3 is 4.90 Å². The van der Waals surface area contributed by atoms with E-state index in [4.69, 9.17) is 0 Å². The summed E-state index contributed by atoms with van der Waals surface area (Å²) in [6, 6.07) is 0.949. The lowest BCUT2D eigenvalue weighted by Gasteiger charge is -2.49. The van der Waals surface area contributed by atoms with Crippen LogP contribution in [0.3, 0.4) is 0 Å². The van der Waals surface area contributed by atoms with Gasteiger partial charge in [0.25, 0.3) is 5.91 Å². The van der Waals surface area contributed by atoms with Crippen LogP contribution in [0.5, 0.6) is 0 Å². The highest BCUT2D eigenvalue weighted by molar-refractivity contribution is 5.90. The van der Waals surface area contributed by atoms with Crippen molar-refractivity contribution in [3.8, 4) is 0 Å². The zero-order valence-corrected chi connectivity index (χ0v) is 12.1. The highest BCUT2D eigenvalue weighted by atomic mass is 19.1. The molecule has 1 aliphatic heterocycles. The van der Waals surface area contributed by atoms with Crippen molar-refractivity contribution in [3.63, 3.8) is 0 Å². The summed E-state index contributed by atoms with van der Waals surface area (Å²) in [5, 5.41) is 0. The summed E-state index contributed by atoms with van der Waals surface area (Å²) in [5.41, 5.74) is 0. The molecule has 1 saturated heterocycles. The molecule has 1 heterocycles. The molecule has 4 heteroatoms. The molecule has 2 unspecified atom stereocenters. The first-order valence-electron chi connectivity index (χ1n) is 6.66. The van der Waals surface area contributed by atoms with Crippen LogP contribution in [0.2, 0.25) is 0 Å². The molecule has 0 saturated carbocycles. The van der Waals surface area contributed by atoms with E-state index < -0.39 is 11.7 Å². The van der Waals surface area contributed by atoms with Crippen LogP contribution in [0.15, 0.2) is 12.4 Å². The lowest BCUT2D eigenvalue weighted by atomic mass is 9.95. The monoisotopic (exact) mass is 256 g/mol. The van der Waals surface area contributed by atoms with Crippen LogP contribution in [0, 0.1) is 5.92 Å². The van der Waals surface area contributed by atoms with Crippen LogP contribution >= 0.6 is 0 Å². The van der Waals surface area contributed by atoms with Crippen LogP contribution in [-0.2, 0) is 4.79 Å². The van der Waals surface area contributed by atoms with Gasteiger partial charge in [0, 0.05) is 31.2 Å². The van der Waals surface area contributed by atoms with Crippen LogP contribution in [0.4, 0.5) is 4.39 Å². The maximum absolute atomic E-state index is 13.0. The third-order valence-electron chi connectivity index (χ3n) is 3.67. The second kappa shape index (κ2) is 5.83. The molecule has 0 radical (unpaired) electrons. The number of rotatable bonds is 3. The third-order valence-corrected chi connectivity index (χ3v) is 3.67. The Hall–Kier alpha value is -0.900. The van der Waals surface area contributed by atoms with E-state index in [1.165, 1.54) is 0 Å². The molecular formula is C14H25FN2O. The third kappa shape index (κ3) is 3.10. The molecule has 0 aromatic heterocycles. The number of hydrogen-bond donors (Lipinski definition) is 0. The van der Waals surface area contributed by atoms with E-state index in [1.807, 2.05) is 0 Å². The SMILES string of the molecule is C=C(F)C(=O)N1CC(C)N(C(C)C)C(C(C)C)C1. The van der Waals surface area contributed by atoms with Crippen LogP contribution in [0.1, 0.15) is 34.6 Å². The number of carbonyl (C=O) groups excluding carboxylic acids is 1. The van der Waals surface area contributed by atoms with Gasteiger partial charge in [-0.25, -0.2) is 4.39 Å². The number of nitrogens with zero attached hydrogens (tertiary/aromatic N) is 2. The van der Waals surface area contributed by atoms with Gasteiger partial charge in [-0.3, -0.25) is 9.69 Å².